The third kappa shape index (κ3) is 13.6. The Hall–Kier alpha value is -3.81. The molecule has 15 nitrogen and oxygen atoms in total. The number of nitrogens with zero attached hydrogens (tertiary/aromatic N) is 3. The van der Waals surface area contributed by atoms with Crippen LogP contribution in [0.15, 0.2) is 29.2 Å². The first kappa shape index (κ1) is 51.5. The van der Waals surface area contributed by atoms with Gasteiger partial charge in [-0.3, -0.25) is 28.9 Å². The summed E-state index contributed by atoms with van der Waals surface area (Å²) in [7, 11) is 0.00856. The lowest BCUT2D eigenvalue weighted by Gasteiger charge is -2.41. The van der Waals surface area contributed by atoms with Gasteiger partial charge in [0.2, 0.25) is 23.6 Å². The van der Waals surface area contributed by atoms with Gasteiger partial charge >= 0.3 is 12.1 Å². The molecule has 0 aliphatic carbocycles. The summed E-state index contributed by atoms with van der Waals surface area (Å²) in [5.41, 5.74) is -0.303. The van der Waals surface area contributed by atoms with E-state index >= 15 is 0 Å². The van der Waals surface area contributed by atoms with Crippen molar-refractivity contribution in [3.8, 4) is 0 Å². The second-order valence-electron chi connectivity index (χ2n) is 17.0. The minimum absolute atomic E-state index is 0.101. The molecule has 2 fully saturated rings. The zero-order chi connectivity index (χ0) is 46.0. The van der Waals surface area contributed by atoms with E-state index in [0.717, 1.165) is 50.1 Å². The largest absolute Gasteiger partial charge is 0.471 e. The Labute approximate surface area is 359 Å². The number of ether oxygens (including phenoxy) is 2. The maximum absolute atomic E-state index is 14.3. The number of piperidine rings is 1. The van der Waals surface area contributed by atoms with Crippen LogP contribution >= 0.6 is 0 Å². The number of hydrogen-bond donors (Lipinski definition) is 3. The molecule has 3 rings (SSSR count). The summed E-state index contributed by atoms with van der Waals surface area (Å²) in [4.78, 5) is 71.8. The van der Waals surface area contributed by atoms with Crippen molar-refractivity contribution >= 4 is 45.2 Å². The molecular weight excluding hydrogens is 822 g/mol. The molecule has 61 heavy (non-hydrogen) atoms. The van der Waals surface area contributed by atoms with Crippen LogP contribution < -0.4 is 15.4 Å². The molecule has 346 valence electrons. The van der Waals surface area contributed by atoms with E-state index in [9.17, 15) is 45.6 Å². The van der Waals surface area contributed by atoms with Crippen molar-refractivity contribution in [2.24, 2.45) is 17.8 Å². The van der Waals surface area contributed by atoms with Crippen molar-refractivity contribution in [3.05, 3.63) is 24.3 Å². The normalized spacial score (nSPS) is 20.7. The molecule has 1 aromatic rings. The summed E-state index contributed by atoms with van der Waals surface area (Å²) < 4.78 is 77.9. The number of benzene rings is 1. The molecule has 0 aromatic heterocycles. The third-order valence-electron chi connectivity index (χ3n) is 12.2. The monoisotopic (exact) mass is 888 g/mol. The fourth-order valence-electron chi connectivity index (χ4n) is 8.61. The van der Waals surface area contributed by atoms with E-state index in [1.807, 2.05) is 32.4 Å². The van der Waals surface area contributed by atoms with E-state index in [2.05, 4.69) is 24.1 Å². The molecule has 0 radical (unpaired) electrons. The van der Waals surface area contributed by atoms with Gasteiger partial charge in [-0.1, -0.05) is 47.5 Å². The molecular formula is C42H67F3N6O9S. The maximum atomic E-state index is 14.3. The smallest absolute Gasteiger partial charge is 0.379 e. The maximum Gasteiger partial charge on any atom is 0.471 e. The van der Waals surface area contributed by atoms with Gasteiger partial charge in [-0.2, -0.15) is 13.2 Å². The van der Waals surface area contributed by atoms with Gasteiger partial charge in [-0.05, 0) is 82.2 Å². The zero-order valence-electron chi connectivity index (χ0n) is 37.2. The number of likely N-dealkylation sites (tertiary alicyclic amines) is 2. The quantitative estimate of drug-likeness (QED) is 0.166. The van der Waals surface area contributed by atoms with Gasteiger partial charge in [-0.15, -0.1) is 0 Å². The zero-order valence-corrected chi connectivity index (χ0v) is 38.0. The van der Waals surface area contributed by atoms with E-state index in [1.54, 1.807) is 22.2 Å². The number of nitrogens with one attached hydrogen (secondary N) is 3. The van der Waals surface area contributed by atoms with Gasteiger partial charge < -0.3 is 29.9 Å². The Kier molecular flexibility index (Phi) is 19.0. The minimum atomic E-state index is -5.14. The van der Waals surface area contributed by atoms with E-state index in [4.69, 9.17) is 9.47 Å². The molecule has 2 aliphatic heterocycles. The topological polar surface area (TPSA) is 184 Å². The highest BCUT2D eigenvalue weighted by atomic mass is 32.2. The number of sulfonamides is 1. The number of carbonyl (C=O) groups is 5. The molecule has 19 heteroatoms. The fourth-order valence-corrected chi connectivity index (χ4v) is 9.67. The molecule has 2 aliphatic rings. The Morgan fingerprint density at radius 2 is 1.56 bits per heavy atom. The molecule has 2 saturated heterocycles. The summed E-state index contributed by atoms with van der Waals surface area (Å²) in [6.07, 6.45) is -1.89. The molecule has 0 bridgehead atoms. The summed E-state index contributed by atoms with van der Waals surface area (Å²) in [5.74, 6) is -5.37. The number of hydrogen-bond acceptors (Lipinski definition) is 10. The second kappa shape index (κ2) is 22.5. The number of halogens is 3. The Morgan fingerprint density at radius 3 is 2.10 bits per heavy atom. The second-order valence-corrected chi connectivity index (χ2v) is 18.7. The van der Waals surface area contributed by atoms with Crippen LogP contribution in [0, 0.1) is 17.8 Å². The predicted octanol–water partition coefficient (Wildman–Crippen LogP) is 4.71. The fraction of sp³-hybridized carbons (Fsp3) is 0.738. The molecule has 5 amide bonds. The first-order valence-corrected chi connectivity index (χ1v) is 22.7. The Balaban J connectivity index is 1.74. The van der Waals surface area contributed by atoms with Crippen molar-refractivity contribution in [2.75, 3.05) is 39.7 Å². The van der Waals surface area contributed by atoms with Crippen molar-refractivity contribution in [2.45, 2.75) is 153 Å². The lowest BCUT2D eigenvalue weighted by atomic mass is 9.89. The van der Waals surface area contributed by atoms with Crippen molar-refractivity contribution < 1.29 is 55.0 Å². The molecule has 0 unspecified atom stereocenters. The van der Waals surface area contributed by atoms with E-state index in [-0.39, 0.29) is 47.7 Å². The molecule has 8 atom stereocenters. The highest BCUT2D eigenvalue weighted by Gasteiger charge is 2.44. The lowest BCUT2D eigenvalue weighted by Crippen LogP contribution is -2.58. The lowest BCUT2D eigenvalue weighted by molar-refractivity contribution is -0.167. The van der Waals surface area contributed by atoms with Gasteiger partial charge in [0.15, 0.2) is 0 Å². The van der Waals surface area contributed by atoms with Crippen LogP contribution in [-0.4, -0.2) is 136 Å². The number of methoxy groups -OCH3 is 2. The van der Waals surface area contributed by atoms with Crippen LogP contribution in [0.4, 0.5) is 18.9 Å². The number of anilines is 1. The van der Waals surface area contributed by atoms with Crippen molar-refractivity contribution in [1.82, 2.24) is 24.7 Å². The molecule has 0 saturated carbocycles. The van der Waals surface area contributed by atoms with Gasteiger partial charge in [0.25, 0.3) is 10.0 Å². The van der Waals surface area contributed by atoms with Crippen molar-refractivity contribution in [1.29, 1.82) is 0 Å². The van der Waals surface area contributed by atoms with Crippen LogP contribution in [0.1, 0.15) is 99.8 Å². The summed E-state index contributed by atoms with van der Waals surface area (Å²) in [5, 5.41) is 4.65. The molecule has 1 aromatic carbocycles. The Morgan fingerprint density at radius 1 is 0.918 bits per heavy atom. The first-order valence-electron chi connectivity index (χ1n) is 21.2. The van der Waals surface area contributed by atoms with Crippen LogP contribution in [0.2, 0.25) is 0 Å². The number of rotatable bonds is 20. The van der Waals surface area contributed by atoms with Gasteiger partial charge in [-0.25, -0.2) is 13.1 Å². The minimum Gasteiger partial charge on any atom is -0.379 e. The van der Waals surface area contributed by atoms with E-state index in [1.165, 1.54) is 21.1 Å². The highest BCUT2D eigenvalue weighted by molar-refractivity contribution is 7.90. The van der Waals surface area contributed by atoms with Gasteiger partial charge in [0.05, 0.1) is 41.5 Å². The third-order valence-corrected chi connectivity index (χ3v) is 13.5. The van der Waals surface area contributed by atoms with E-state index < -0.39 is 69.2 Å². The van der Waals surface area contributed by atoms with Crippen LogP contribution in [0.5, 0.6) is 0 Å². The number of likely N-dealkylation sites (N-methyl/N-ethyl adjacent to an activating group) is 1. The standard InChI is InChI=1S/C42H67F3N6O9S/c1-11-27(6)37(49(8)40(55)36(25(2)3)47-34(52)23-30-15-12-13-21-50(30)26(4)5)33(59-9)24-35(53)51-22-14-16-32(51)38(60-10)28(7)39(54)48-61(57,58)31-19-17-29(18-20-31)46-41(56)42(43,44)45/h17-20,25-28,30,32-33,36-38H,11-16,21-24H2,1-10H3,(H,46,56)(H,47,52)(H,48,54)/t27-,28+,30+,32-,33+,36-,37-,38+/m0/s1. The average molecular weight is 889 g/mol. The SMILES string of the molecule is CC[C@H](C)[C@@H]([C@@H](CC(=O)N1CCC[C@H]1[C@H](OC)[C@@H](C)C(=O)NS(=O)(=O)c1ccc(NC(=O)C(F)(F)F)cc1)OC)N(C)C(=O)[C@@H](NC(=O)C[C@H]1CCCCN1C(C)C)C(C)C. The summed E-state index contributed by atoms with van der Waals surface area (Å²) >= 11 is 0. The highest BCUT2D eigenvalue weighted by Crippen LogP contribution is 2.30. The predicted molar refractivity (Wildman–Crippen MR) is 223 cm³/mol. The molecule has 2 heterocycles. The van der Waals surface area contributed by atoms with Gasteiger partial charge in [0.1, 0.15) is 6.04 Å². The average Bonchev–Trinajstić information content (AvgIpc) is 3.68. The molecule has 3 N–H and O–H groups in total. The Bertz CT molecular complexity index is 1760. The summed E-state index contributed by atoms with van der Waals surface area (Å²) in [6, 6.07) is 2.23. The van der Waals surface area contributed by atoms with Crippen molar-refractivity contribution in [3.63, 3.8) is 0 Å². The van der Waals surface area contributed by atoms with Crippen LogP contribution in [-0.2, 0) is 43.5 Å². The number of carbonyl (C=O) groups excluding carboxylic acids is 5. The van der Waals surface area contributed by atoms with Crippen LogP contribution in [0.25, 0.3) is 0 Å². The number of amides is 5. The first-order chi connectivity index (χ1) is 28.5. The van der Waals surface area contributed by atoms with Crippen LogP contribution in [0.3, 0.4) is 0 Å². The number of alkyl halides is 3. The molecule has 0 spiro atoms. The van der Waals surface area contributed by atoms with Gasteiger partial charge in [0, 0.05) is 52.0 Å². The summed E-state index contributed by atoms with van der Waals surface area (Å²) in [6.45, 7) is 14.7. The van der Waals surface area contributed by atoms with E-state index in [0.29, 0.717) is 38.3 Å².